The quantitative estimate of drug-likeness (QED) is 0.256. The van der Waals surface area contributed by atoms with Gasteiger partial charge in [0.2, 0.25) is 0 Å². The van der Waals surface area contributed by atoms with Gasteiger partial charge in [-0.1, -0.05) is 44.3 Å². The van der Waals surface area contributed by atoms with Crippen molar-refractivity contribution in [3.8, 4) is 6.07 Å². The minimum atomic E-state index is 0.308. The van der Waals surface area contributed by atoms with E-state index < -0.39 is 0 Å². The van der Waals surface area contributed by atoms with E-state index in [-0.39, 0.29) is 0 Å². The Kier molecular flexibility index (Phi) is 5.84. The normalized spacial score (nSPS) is 11.2. The largest absolute Gasteiger partial charge is 0.410 e. The van der Waals surface area contributed by atoms with E-state index in [1.165, 1.54) is 11.3 Å². The summed E-state index contributed by atoms with van der Waals surface area (Å²) in [5.41, 5.74) is 2.73. The van der Waals surface area contributed by atoms with Crippen molar-refractivity contribution in [1.29, 1.82) is 5.26 Å². The molecule has 0 spiro atoms. The van der Waals surface area contributed by atoms with E-state index >= 15 is 0 Å². The molecule has 0 aliphatic carbocycles. The summed E-state index contributed by atoms with van der Waals surface area (Å²) >= 11 is 17.2. The molecule has 0 aliphatic heterocycles. The molecule has 0 atom stereocenters. The van der Waals surface area contributed by atoms with E-state index in [0.717, 1.165) is 4.47 Å². The molecular formula is C18H10BrCl2N3OS. The smallest absolute Gasteiger partial charge is 0.130 e. The summed E-state index contributed by atoms with van der Waals surface area (Å²) in [5, 5.41) is 27.9. The number of nitrogens with zero attached hydrogens (tertiary/aromatic N) is 2. The number of halogens is 3. The van der Waals surface area contributed by atoms with Gasteiger partial charge in [-0.3, -0.25) is 0 Å². The highest BCUT2D eigenvalue weighted by Gasteiger charge is 2.17. The molecule has 2 aromatic carbocycles. The fraction of sp³-hybridized carbons (Fsp3) is 0. The van der Waals surface area contributed by atoms with Gasteiger partial charge in [0, 0.05) is 15.7 Å². The second-order valence-electron chi connectivity index (χ2n) is 5.17. The topological polar surface area (TPSA) is 68.4 Å². The van der Waals surface area contributed by atoms with Gasteiger partial charge >= 0.3 is 0 Å². The molecule has 0 aliphatic rings. The van der Waals surface area contributed by atoms with Crippen molar-refractivity contribution >= 4 is 67.6 Å². The van der Waals surface area contributed by atoms with E-state index in [1.54, 1.807) is 36.4 Å². The van der Waals surface area contributed by atoms with Gasteiger partial charge in [0.25, 0.3) is 0 Å². The summed E-state index contributed by atoms with van der Waals surface area (Å²) in [4.78, 5) is 0.636. The number of anilines is 2. The molecule has 0 radical (unpaired) electrons. The number of hydrogen-bond donors (Lipinski definition) is 2. The lowest BCUT2D eigenvalue weighted by molar-refractivity contribution is 0.320. The average Bonchev–Trinajstić information content (AvgIpc) is 3.05. The van der Waals surface area contributed by atoms with E-state index in [4.69, 9.17) is 23.2 Å². The van der Waals surface area contributed by atoms with Gasteiger partial charge < -0.3 is 10.5 Å². The van der Waals surface area contributed by atoms with Crippen LogP contribution in [0.25, 0.3) is 0 Å². The molecule has 3 aromatic rings. The summed E-state index contributed by atoms with van der Waals surface area (Å²) < 4.78 is 0.824. The van der Waals surface area contributed by atoms with Gasteiger partial charge in [0.05, 0.1) is 26.2 Å². The fourth-order valence-corrected chi connectivity index (χ4v) is 4.12. The van der Waals surface area contributed by atoms with E-state index in [0.29, 0.717) is 43.1 Å². The molecule has 4 nitrogen and oxygen atoms in total. The van der Waals surface area contributed by atoms with Gasteiger partial charge in [-0.2, -0.15) is 5.26 Å². The third kappa shape index (κ3) is 3.87. The second-order valence-corrected chi connectivity index (χ2v) is 7.81. The number of hydrogen-bond acceptors (Lipinski definition) is 5. The number of thiophene rings is 1. The Morgan fingerprint density at radius 3 is 2.58 bits per heavy atom. The second kappa shape index (κ2) is 8.11. The van der Waals surface area contributed by atoms with Gasteiger partial charge in [-0.05, 0) is 47.8 Å². The van der Waals surface area contributed by atoms with Crippen LogP contribution < -0.4 is 5.32 Å². The van der Waals surface area contributed by atoms with Crippen molar-refractivity contribution in [1.82, 2.24) is 0 Å². The number of nitriles is 1. The van der Waals surface area contributed by atoms with E-state index in [2.05, 4.69) is 32.5 Å². The van der Waals surface area contributed by atoms with Crippen molar-refractivity contribution in [2.24, 2.45) is 5.16 Å². The zero-order chi connectivity index (χ0) is 18.7. The zero-order valence-corrected chi connectivity index (χ0v) is 16.9. The maximum absolute atomic E-state index is 9.42. The van der Waals surface area contributed by atoms with Gasteiger partial charge in [0.15, 0.2) is 0 Å². The average molecular weight is 467 g/mol. The molecular weight excluding hydrogens is 457 g/mol. The predicted molar refractivity (Wildman–Crippen MR) is 110 cm³/mol. The molecule has 2 N–H and O–H groups in total. The maximum Gasteiger partial charge on any atom is 0.130 e. The third-order valence-corrected chi connectivity index (χ3v) is 5.69. The molecule has 1 aromatic heterocycles. The van der Waals surface area contributed by atoms with Crippen LogP contribution in [-0.2, 0) is 0 Å². The first kappa shape index (κ1) is 18.7. The number of nitrogens with one attached hydrogen (secondary N) is 1. The SMILES string of the molecule is N#Cc1cc(Br)ccc1Nc1ccc(/C(=N/O)c2sccc2Cl)c(Cl)c1. The Bertz CT molecular complexity index is 1040. The molecule has 0 bridgehead atoms. The van der Waals surface area contributed by atoms with Gasteiger partial charge in [-0.15, -0.1) is 11.3 Å². The highest BCUT2D eigenvalue weighted by Crippen LogP contribution is 2.31. The molecule has 130 valence electrons. The first-order valence-electron chi connectivity index (χ1n) is 7.25. The Labute approximate surface area is 172 Å². The van der Waals surface area contributed by atoms with Crippen LogP contribution in [0.5, 0.6) is 0 Å². The minimum absolute atomic E-state index is 0.308. The number of benzene rings is 2. The van der Waals surface area contributed by atoms with Crippen LogP contribution in [-0.4, -0.2) is 10.9 Å². The maximum atomic E-state index is 9.42. The van der Waals surface area contributed by atoms with Crippen LogP contribution in [0.2, 0.25) is 10.0 Å². The molecule has 26 heavy (non-hydrogen) atoms. The molecule has 0 saturated carbocycles. The molecule has 8 heteroatoms. The molecule has 0 fully saturated rings. The van der Waals surface area contributed by atoms with Crippen molar-refractivity contribution in [3.05, 3.63) is 78.4 Å². The lowest BCUT2D eigenvalue weighted by Gasteiger charge is -2.11. The van der Waals surface area contributed by atoms with Crippen LogP contribution in [0.15, 0.2) is 57.5 Å². The van der Waals surface area contributed by atoms with Crippen molar-refractivity contribution < 1.29 is 5.21 Å². The molecule has 0 unspecified atom stereocenters. The number of oxime groups is 1. The standard InChI is InChI=1S/C18H10BrCl2N3OS/c19-11-1-4-16(10(7-11)9-22)23-12-2-3-13(15(21)8-12)17(24-25)18-14(20)5-6-26-18/h1-8,23,25H/b24-17-. The van der Waals surface area contributed by atoms with Gasteiger partial charge in [0.1, 0.15) is 11.8 Å². The summed E-state index contributed by atoms with van der Waals surface area (Å²) in [6.07, 6.45) is 0. The van der Waals surface area contributed by atoms with Crippen LogP contribution in [0, 0.1) is 11.3 Å². The van der Waals surface area contributed by atoms with Crippen LogP contribution in [0.4, 0.5) is 11.4 Å². The van der Waals surface area contributed by atoms with Crippen LogP contribution in [0.1, 0.15) is 16.0 Å². The van der Waals surface area contributed by atoms with Crippen LogP contribution >= 0.6 is 50.5 Å². The minimum Gasteiger partial charge on any atom is -0.410 e. The van der Waals surface area contributed by atoms with Crippen LogP contribution in [0.3, 0.4) is 0 Å². The molecule has 0 amide bonds. The summed E-state index contributed by atoms with van der Waals surface area (Å²) in [6.45, 7) is 0. The zero-order valence-electron chi connectivity index (χ0n) is 13.0. The molecule has 1 heterocycles. The Morgan fingerprint density at radius 1 is 1.15 bits per heavy atom. The Morgan fingerprint density at radius 2 is 1.96 bits per heavy atom. The van der Waals surface area contributed by atoms with E-state index in [9.17, 15) is 10.5 Å². The first-order valence-corrected chi connectivity index (χ1v) is 9.68. The lowest BCUT2D eigenvalue weighted by atomic mass is 10.1. The Balaban J connectivity index is 1.94. The predicted octanol–water partition coefficient (Wildman–Crippen LogP) is 6.66. The fourth-order valence-electron chi connectivity index (χ4n) is 2.34. The van der Waals surface area contributed by atoms with Crippen molar-refractivity contribution in [3.63, 3.8) is 0 Å². The lowest BCUT2D eigenvalue weighted by Crippen LogP contribution is -2.03. The van der Waals surface area contributed by atoms with Crippen molar-refractivity contribution in [2.45, 2.75) is 0 Å². The van der Waals surface area contributed by atoms with Crippen molar-refractivity contribution in [2.75, 3.05) is 5.32 Å². The summed E-state index contributed by atoms with van der Waals surface area (Å²) in [7, 11) is 0. The molecule has 0 saturated heterocycles. The molecule has 3 rings (SSSR count). The number of rotatable bonds is 4. The monoisotopic (exact) mass is 465 g/mol. The summed E-state index contributed by atoms with van der Waals surface area (Å²) in [5.74, 6) is 0. The third-order valence-electron chi connectivity index (χ3n) is 3.54. The van der Waals surface area contributed by atoms with E-state index in [1.807, 2.05) is 11.4 Å². The Hall–Kier alpha value is -2.04. The summed E-state index contributed by atoms with van der Waals surface area (Å²) in [6, 6.07) is 14.5. The highest BCUT2D eigenvalue weighted by atomic mass is 79.9. The first-order chi connectivity index (χ1) is 12.5. The highest BCUT2D eigenvalue weighted by molar-refractivity contribution is 9.10. The van der Waals surface area contributed by atoms with Gasteiger partial charge in [-0.25, -0.2) is 0 Å².